The molecule has 3 aromatic rings. The van der Waals surface area contributed by atoms with Crippen LogP contribution in [0.3, 0.4) is 0 Å². The van der Waals surface area contributed by atoms with E-state index in [1.54, 1.807) is 0 Å². The van der Waals surface area contributed by atoms with Gasteiger partial charge in [-0.15, -0.1) is 0 Å². The van der Waals surface area contributed by atoms with Crippen molar-refractivity contribution in [3.63, 3.8) is 0 Å². The summed E-state index contributed by atoms with van der Waals surface area (Å²) < 4.78 is 0. The molecule has 0 saturated carbocycles. The van der Waals surface area contributed by atoms with Crippen LogP contribution in [0.15, 0.2) is 42.5 Å². The minimum absolute atomic E-state index is 0.147. The summed E-state index contributed by atoms with van der Waals surface area (Å²) in [7, 11) is 0. The highest BCUT2D eigenvalue weighted by atomic mass is 35.5. The molecule has 1 unspecified atom stereocenters. The number of hydrogen-bond acceptors (Lipinski definition) is 1. The Bertz CT molecular complexity index is 804. The van der Waals surface area contributed by atoms with Crippen molar-refractivity contribution >= 4 is 22.5 Å². The number of aryl methyl sites for hydroxylation is 1. The Kier molecular flexibility index (Phi) is 2.62. The average molecular weight is 283 g/mol. The Balaban J connectivity index is 2.03. The highest BCUT2D eigenvalue weighted by molar-refractivity contribution is 6.30. The molecular weight excluding hydrogens is 268 g/mol. The fraction of sp³-hybridized carbons (Fsp3) is 0.176. The second-order valence-corrected chi connectivity index (χ2v) is 5.84. The first-order valence-corrected chi connectivity index (χ1v) is 7.27. The van der Waals surface area contributed by atoms with E-state index in [1.165, 1.54) is 27.7 Å². The summed E-state index contributed by atoms with van der Waals surface area (Å²) in [5, 5.41) is 2.07. The van der Waals surface area contributed by atoms with E-state index in [4.69, 9.17) is 17.3 Å². The van der Waals surface area contributed by atoms with Crippen molar-refractivity contribution in [2.75, 3.05) is 0 Å². The van der Waals surface area contributed by atoms with E-state index in [1.807, 2.05) is 18.2 Å². The first kappa shape index (κ1) is 12.0. The fourth-order valence-corrected chi connectivity index (χ4v) is 3.44. The molecule has 1 aromatic heterocycles. The van der Waals surface area contributed by atoms with Gasteiger partial charge in [0.2, 0.25) is 0 Å². The number of rotatable bonds is 1. The van der Waals surface area contributed by atoms with Crippen molar-refractivity contribution < 1.29 is 0 Å². The molecule has 0 spiro atoms. The number of nitrogens with two attached hydrogens (primary N) is 1. The summed E-state index contributed by atoms with van der Waals surface area (Å²) in [6.45, 7) is 0. The first-order chi connectivity index (χ1) is 9.74. The molecule has 1 aliphatic carbocycles. The molecule has 0 aliphatic heterocycles. The minimum atomic E-state index is 0.147. The SMILES string of the molecule is NC1CCc2c(-c3cccc(Cl)c3)[nH]c3cccc1c23. The van der Waals surface area contributed by atoms with Gasteiger partial charge >= 0.3 is 0 Å². The molecule has 0 fully saturated rings. The molecule has 100 valence electrons. The quantitative estimate of drug-likeness (QED) is 0.681. The second-order valence-electron chi connectivity index (χ2n) is 5.40. The van der Waals surface area contributed by atoms with Gasteiger partial charge < -0.3 is 10.7 Å². The van der Waals surface area contributed by atoms with Gasteiger partial charge in [-0.25, -0.2) is 0 Å². The maximum Gasteiger partial charge on any atom is 0.0498 e. The van der Waals surface area contributed by atoms with Gasteiger partial charge in [0.15, 0.2) is 0 Å². The third-order valence-corrected chi connectivity index (χ3v) is 4.41. The van der Waals surface area contributed by atoms with Crippen LogP contribution >= 0.6 is 11.6 Å². The van der Waals surface area contributed by atoms with E-state index in [-0.39, 0.29) is 6.04 Å². The maximum atomic E-state index is 6.24. The highest BCUT2D eigenvalue weighted by Crippen LogP contribution is 2.40. The van der Waals surface area contributed by atoms with Crippen LogP contribution in [-0.2, 0) is 6.42 Å². The Morgan fingerprint density at radius 1 is 1.15 bits per heavy atom. The molecule has 2 nitrogen and oxygen atoms in total. The van der Waals surface area contributed by atoms with E-state index < -0.39 is 0 Å². The number of hydrogen-bond donors (Lipinski definition) is 2. The molecule has 0 amide bonds. The zero-order valence-corrected chi connectivity index (χ0v) is 11.7. The van der Waals surface area contributed by atoms with E-state index in [0.29, 0.717) is 0 Å². The third-order valence-electron chi connectivity index (χ3n) is 4.18. The number of nitrogens with one attached hydrogen (secondary N) is 1. The van der Waals surface area contributed by atoms with Crippen LogP contribution in [0.1, 0.15) is 23.6 Å². The van der Waals surface area contributed by atoms with E-state index in [2.05, 4.69) is 29.2 Å². The Labute approximate surface area is 122 Å². The Hall–Kier alpha value is -1.77. The summed E-state index contributed by atoms with van der Waals surface area (Å²) in [5.41, 5.74) is 12.4. The van der Waals surface area contributed by atoms with Gasteiger partial charge in [-0.3, -0.25) is 0 Å². The molecule has 3 N–H and O–H groups in total. The summed E-state index contributed by atoms with van der Waals surface area (Å²) in [5.74, 6) is 0. The van der Waals surface area contributed by atoms with Crippen molar-refractivity contribution in [3.8, 4) is 11.3 Å². The summed E-state index contributed by atoms with van der Waals surface area (Å²) in [6.07, 6.45) is 2.01. The molecule has 0 radical (unpaired) electrons. The minimum Gasteiger partial charge on any atom is -0.354 e. The van der Waals surface area contributed by atoms with E-state index >= 15 is 0 Å². The van der Waals surface area contributed by atoms with Crippen molar-refractivity contribution in [1.82, 2.24) is 4.98 Å². The lowest BCUT2D eigenvalue weighted by atomic mass is 9.87. The number of aromatic amines is 1. The number of H-pyrrole nitrogens is 1. The van der Waals surface area contributed by atoms with Crippen LogP contribution in [-0.4, -0.2) is 4.98 Å². The smallest absolute Gasteiger partial charge is 0.0498 e. The van der Waals surface area contributed by atoms with Crippen LogP contribution in [0.5, 0.6) is 0 Å². The zero-order valence-electron chi connectivity index (χ0n) is 11.0. The molecule has 2 aromatic carbocycles. The molecule has 4 rings (SSSR count). The van der Waals surface area contributed by atoms with Crippen molar-refractivity contribution in [1.29, 1.82) is 0 Å². The highest BCUT2D eigenvalue weighted by Gasteiger charge is 2.23. The zero-order chi connectivity index (χ0) is 13.7. The lowest BCUT2D eigenvalue weighted by Crippen LogP contribution is -2.15. The van der Waals surface area contributed by atoms with E-state index in [0.717, 1.165) is 23.4 Å². The van der Waals surface area contributed by atoms with Gasteiger partial charge in [-0.05, 0) is 47.7 Å². The molecule has 20 heavy (non-hydrogen) atoms. The molecule has 1 atom stereocenters. The second kappa shape index (κ2) is 4.37. The van der Waals surface area contributed by atoms with Crippen molar-refractivity contribution in [3.05, 3.63) is 58.6 Å². The Morgan fingerprint density at radius 2 is 2.00 bits per heavy atom. The Morgan fingerprint density at radius 3 is 2.85 bits per heavy atom. The molecule has 1 aliphatic rings. The average Bonchev–Trinajstić information content (AvgIpc) is 2.83. The van der Waals surface area contributed by atoms with Gasteiger partial charge in [-0.1, -0.05) is 35.9 Å². The maximum absolute atomic E-state index is 6.24. The molecular formula is C17H15ClN2. The standard InChI is InChI=1S/C17H15ClN2/c18-11-4-1-3-10(9-11)17-13-7-8-14(19)12-5-2-6-15(20-17)16(12)13/h1-6,9,14,20H,7-8,19H2. The fourth-order valence-electron chi connectivity index (χ4n) is 3.25. The molecule has 1 heterocycles. The van der Waals surface area contributed by atoms with Crippen LogP contribution in [0.25, 0.3) is 22.2 Å². The predicted molar refractivity (Wildman–Crippen MR) is 84.0 cm³/mol. The normalized spacial score (nSPS) is 17.6. The van der Waals surface area contributed by atoms with Gasteiger partial charge in [-0.2, -0.15) is 0 Å². The lowest BCUT2D eigenvalue weighted by molar-refractivity contribution is 0.644. The number of halogens is 1. The molecule has 0 bridgehead atoms. The van der Waals surface area contributed by atoms with Crippen LogP contribution in [0.4, 0.5) is 0 Å². The van der Waals surface area contributed by atoms with Gasteiger partial charge in [0.1, 0.15) is 0 Å². The summed E-state index contributed by atoms with van der Waals surface area (Å²) in [6, 6.07) is 14.5. The topological polar surface area (TPSA) is 41.8 Å². The third kappa shape index (κ3) is 1.69. The van der Waals surface area contributed by atoms with Gasteiger partial charge in [0.25, 0.3) is 0 Å². The van der Waals surface area contributed by atoms with Crippen LogP contribution in [0, 0.1) is 0 Å². The monoisotopic (exact) mass is 282 g/mol. The predicted octanol–water partition coefficient (Wildman–Crippen LogP) is 4.43. The van der Waals surface area contributed by atoms with Crippen LogP contribution in [0.2, 0.25) is 5.02 Å². The summed E-state index contributed by atoms with van der Waals surface area (Å²) in [4.78, 5) is 3.55. The number of aromatic nitrogens is 1. The van der Waals surface area contributed by atoms with Gasteiger partial charge in [0.05, 0.1) is 0 Å². The largest absolute Gasteiger partial charge is 0.354 e. The summed E-state index contributed by atoms with van der Waals surface area (Å²) >= 11 is 6.12. The lowest BCUT2D eigenvalue weighted by Gasteiger charge is -2.20. The molecule has 3 heteroatoms. The van der Waals surface area contributed by atoms with Crippen LogP contribution < -0.4 is 5.73 Å². The van der Waals surface area contributed by atoms with Crippen molar-refractivity contribution in [2.24, 2.45) is 5.73 Å². The molecule has 0 saturated heterocycles. The van der Waals surface area contributed by atoms with E-state index in [9.17, 15) is 0 Å². The van der Waals surface area contributed by atoms with Gasteiger partial charge in [0, 0.05) is 27.7 Å². The van der Waals surface area contributed by atoms with Crippen molar-refractivity contribution in [2.45, 2.75) is 18.9 Å². The number of benzene rings is 2. The first-order valence-electron chi connectivity index (χ1n) is 6.89.